The standard InChI is InChI=1S/C26H25N3O4/c1-5-15(4)29-33-26(32)27-18-8-9-19-20(13-18)25(31)23(24(19)30)22-11-7-17-12-16(14(2)3)6-10-21(17)28-22/h6-14,31H,5H2,1-4H3,(H,27,32)/b29-15-. The number of aliphatic hydroxyl groups is 1. The summed E-state index contributed by atoms with van der Waals surface area (Å²) in [4.78, 5) is 34.4. The number of Topliss-reactive ketones (excluding diaryl/α,β-unsaturated/α-hetero) is 1. The van der Waals surface area contributed by atoms with Gasteiger partial charge in [-0.1, -0.05) is 38.1 Å². The van der Waals surface area contributed by atoms with Crippen molar-refractivity contribution in [3.63, 3.8) is 0 Å². The molecule has 0 bridgehead atoms. The monoisotopic (exact) mass is 443 g/mol. The van der Waals surface area contributed by atoms with Gasteiger partial charge in [-0.15, -0.1) is 0 Å². The van der Waals surface area contributed by atoms with E-state index >= 15 is 0 Å². The van der Waals surface area contributed by atoms with Gasteiger partial charge in [0.05, 0.1) is 22.5 Å². The Kier molecular flexibility index (Phi) is 5.96. The fraction of sp³-hybridized carbons (Fsp3) is 0.231. The number of hydrogen-bond acceptors (Lipinski definition) is 6. The van der Waals surface area contributed by atoms with Crippen molar-refractivity contribution in [3.8, 4) is 0 Å². The zero-order valence-electron chi connectivity index (χ0n) is 19.0. The second-order valence-corrected chi connectivity index (χ2v) is 8.30. The van der Waals surface area contributed by atoms with E-state index in [1.807, 2.05) is 25.1 Å². The number of allylic oxidation sites excluding steroid dienone is 1. The number of anilines is 1. The number of aromatic nitrogens is 1. The molecule has 33 heavy (non-hydrogen) atoms. The summed E-state index contributed by atoms with van der Waals surface area (Å²) in [7, 11) is 0. The second kappa shape index (κ2) is 8.86. The first-order valence-electron chi connectivity index (χ1n) is 10.8. The number of nitrogens with zero attached hydrogens (tertiary/aromatic N) is 2. The van der Waals surface area contributed by atoms with Crippen LogP contribution in [0, 0.1) is 0 Å². The smallest absolute Gasteiger partial charge is 0.437 e. The molecule has 0 saturated carbocycles. The number of benzene rings is 2. The van der Waals surface area contributed by atoms with E-state index in [1.165, 1.54) is 11.6 Å². The van der Waals surface area contributed by atoms with Crippen LogP contribution in [0.15, 0.2) is 53.7 Å². The summed E-state index contributed by atoms with van der Waals surface area (Å²) in [6, 6.07) is 14.3. The molecule has 168 valence electrons. The number of fused-ring (bicyclic) bond motifs is 2. The number of carbonyl (C=O) groups is 2. The predicted molar refractivity (Wildman–Crippen MR) is 130 cm³/mol. The molecule has 1 amide bonds. The molecule has 0 fully saturated rings. The van der Waals surface area contributed by atoms with Crippen LogP contribution in [0.25, 0.3) is 22.2 Å². The van der Waals surface area contributed by atoms with E-state index < -0.39 is 6.09 Å². The highest BCUT2D eigenvalue weighted by Gasteiger charge is 2.32. The average molecular weight is 444 g/mol. The van der Waals surface area contributed by atoms with Crippen LogP contribution in [-0.2, 0) is 4.84 Å². The fourth-order valence-corrected chi connectivity index (χ4v) is 3.60. The highest BCUT2D eigenvalue weighted by Crippen LogP contribution is 2.38. The summed E-state index contributed by atoms with van der Waals surface area (Å²) in [5.74, 6) is -0.0859. The molecule has 2 aromatic carbocycles. The van der Waals surface area contributed by atoms with Crippen LogP contribution in [0.4, 0.5) is 10.5 Å². The molecule has 7 heteroatoms. The Balaban J connectivity index is 1.64. The minimum atomic E-state index is -0.757. The minimum absolute atomic E-state index is 0.141. The Morgan fingerprint density at radius 2 is 1.91 bits per heavy atom. The number of hydrogen-bond donors (Lipinski definition) is 2. The maximum Gasteiger partial charge on any atom is 0.437 e. The number of oxime groups is 1. The van der Waals surface area contributed by atoms with Crippen LogP contribution < -0.4 is 5.32 Å². The van der Waals surface area contributed by atoms with Crippen LogP contribution in [0.5, 0.6) is 0 Å². The lowest BCUT2D eigenvalue weighted by Crippen LogP contribution is -2.12. The van der Waals surface area contributed by atoms with Gasteiger partial charge in [0, 0.05) is 22.2 Å². The van der Waals surface area contributed by atoms with Gasteiger partial charge in [-0.2, -0.15) is 0 Å². The number of amides is 1. The van der Waals surface area contributed by atoms with E-state index in [1.54, 1.807) is 25.1 Å². The molecule has 0 radical (unpaired) electrons. The summed E-state index contributed by atoms with van der Waals surface area (Å²) < 4.78 is 0. The van der Waals surface area contributed by atoms with Gasteiger partial charge >= 0.3 is 6.09 Å². The zero-order valence-corrected chi connectivity index (χ0v) is 19.0. The molecule has 2 N–H and O–H groups in total. The van der Waals surface area contributed by atoms with Crippen LogP contribution >= 0.6 is 0 Å². The van der Waals surface area contributed by atoms with Gasteiger partial charge in [0.2, 0.25) is 0 Å². The topological polar surface area (TPSA) is 101 Å². The molecular weight excluding hydrogens is 418 g/mol. The molecule has 1 heterocycles. The van der Waals surface area contributed by atoms with Crippen molar-refractivity contribution in [2.45, 2.75) is 40.0 Å². The SMILES string of the molecule is CC/C(C)=N\OC(=O)Nc1ccc2c(c1)C(O)=C(c1ccc3cc(C(C)C)ccc3n1)C2=O. The lowest BCUT2D eigenvalue weighted by Gasteiger charge is -2.08. The van der Waals surface area contributed by atoms with Crippen LogP contribution in [0.3, 0.4) is 0 Å². The van der Waals surface area contributed by atoms with Gasteiger partial charge in [0.25, 0.3) is 0 Å². The molecule has 3 aromatic rings. The highest BCUT2D eigenvalue weighted by atomic mass is 16.7. The lowest BCUT2D eigenvalue weighted by molar-refractivity contribution is 0.105. The maximum absolute atomic E-state index is 13.0. The summed E-state index contributed by atoms with van der Waals surface area (Å²) in [6.45, 7) is 7.91. The van der Waals surface area contributed by atoms with Crippen LogP contribution in [-0.4, -0.2) is 27.7 Å². The first-order chi connectivity index (χ1) is 15.8. The minimum Gasteiger partial charge on any atom is -0.506 e. The predicted octanol–water partition coefficient (Wildman–Crippen LogP) is 6.32. The van der Waals surface area contributed by atoms with Gasteiger partial charge in [-0.25, -0.2) is 9.78 Å². The third-order valence-corrected chi connectivity index (χ3v) is 5.66. The van der Waals surface area contributed by atoms with Crippen molar-refractivity contribution in [2.75, 3.05) is 5.32 Å². The Morgan fingerprint density at radius 1 is 1.12 bits per heavy atom. The van der Waals surface area contributed by atoms with Gasteiger partial charge < -0.3 is 5.11 Å². The summed E-state index contributed by atoms with van der Waals surface area (Å²) in [5, 5.41) is 18.1. The quantitative estimate of drug-likeness (QED) is 0.273. The van der Waals surface area contributed by atoms with Crippen LogP contribution in [0.2, 0.25) is 0 Å². The first kappa shape index (κ1) is 22.2. The molecule has 1 aromatic heterocycles. The van der Waals surface area contributed by atoms with Crippen molar-refractivity contribution < 1.29 is 19.5 Å². The summed E-state index contributed by atoms with van der Waals surface area (Å²) in [5.41, 5.74) is 4.22. The molecule has 4 rings (SSSR count). The Labute approximate surface area is 191 Å². The highest BCUT2D eigenvalue weighted by molar-refractivity contribution is 6.38. The van der Waals surface area contributed by atoms with E-state index in [4.69, 9.17) is 4.84 Å². The Morgan fingerprint density at radius 3 is 2.64 bits per heavy atom. The van der Waals surface area contributed by atoms with Gasteiger partial charge in [0.1, 0.15) is 5.76 Å². The van der Waals surface area contributed by atoms with E-state index in [0.29, 0.717) is 40.6 Å². The van der Waals surface area contributed by atoms with E-state index in [9.17, 15) is 14.7 Å². The molecule has 0 unspecified atom stereocenters. The van der Waals surface area contributed by atoms with E-state index in [-0.39, 0.29) is 17.1 Å². The normalized spacial score (nSPS) is 13.6. The Hall–Kier alpha value is -4.00. The largest absolute Gasteiger partial charge is 0.506 e. The molecular formula is C26H25N3O4. The van der Waals surface area contributed by atoms with Crippen molar-refractivity contribution in [2.24, 2.45) is 5.16 Å². The van der Waals surface area contributed by atoms with Gasteiger partial charge in [0.15, 0.2) is 5.78 Å². The fourth-order valence-electron chi connectivity index (χ4n) is 3.60. The van der Waals surface area contributed by atoms with Crippen LogP contribution in [0.1, 0.15) is 67.2 Å². The van der Waals surface area contributed by atoms with Crippen molar-refractivity contribution in [1.82, 2.24) is 4.98 Å². The van der Waals surface area contributed by atoms with E-state index in [0.717, 1.165) is 10.9 Å². The molecule has 1 aliphatic carbocycles. The summed E-state index contributed by atoms with van der Waals surface area (Å²) >= 11 is 0. The zero-order chi connectivity index (χ0) is 23.7. The van der Waals surface area contributed by atoms with Crippen molar-refractivity contribution in [3.05, 3.63) is 70.9 Å². The number of nitrogens with one attached hydrogen (secondary N) is 1. The molecule has 1 aliphatic rings. The van der Waals surface area contributed by atoms with Gasteiger partial charge in [-0.3, -0.25) is 14.9 Å². The third kappa shape index (κ3) is 4.35. The maximum atomic E-state index is 13.0. The number of aliphatic hydroxyl groups excluding tert-OH is 1. The van der Waals surface area contributed by atoms with Gasteiger partial charge in [-0.05, 0) is 61.2 Å². The first-order valence-corrected chi connectivity index (χ1v) is 10.8. The number of carbonyl (C=O) groups excluding carboxylic acids is 2. The summed E-state index contributed by atoms with van der Waals surface area (Å²) in [6.07, 6.45) is -0.0927. The molecule has 0 atom stereocenters. The molecule has 7 nitrogen and oxygen atoms in total. The molecule has 0 saturated heterocycles. The second-order valence-electron chi connectivity index (χ2n) is 8.30. The number of pyridine rings is 1. The lowest BCUT2D eigenvalue weighted by atomic mass is 10.00. The average Bonchev–Trinajstić information content (AvgIpc) is 3.06. The molecule has 0 spiro atoms. The Bertz CT molecular complexity index is 1340. The van der Waals surface area contributed by atoms with Crippen molar-refractivity contribution in [1.29, 1.82) is 0 Å². The third-order valence-electron chi connectivity index (χ3n) is 5.66. The van der Waals surface area contributed by atoms with Crippen molar-refractivity contribution >= 4 is 45.5 Å². The number of rotatable bonds is 5. The van der Waals surface area contributed by atoms with E-state index in [2.05, 4.69) is 35.4 Å². The number of ketones is 1. The molecule has 0 aliphatic heterocycles.